The summed E-state index contributed by atoms with van der Waals surface area (Å²) < 4.78 is 13.1. The Kier molecular flexibility index (Phi) is 10.1. The third-order valence-electron chi connectivity index (χ3n) is 4.56. The quantitative estimate of drug-likeness (QED) is 0.470. The lowest BCUT2D eigenvalue weighted by Crippen LogP contribution is -2.50. The molecule has 0 aliphatic carbocycles. The highest BCUT2D eigenvalue weighted by Crippen LogP contribution is 2.24. The highest BCUT2D eigenvalue weighted by atomic mass is 35.5. The predicted octanol–water partition coefficient (Wildman–Crippen LogP) is 5.70. The van der Waals surface area contributed by atoms with Crippen LogP contribution in [0.4, 0.5) is 4.39 Å². The van der Waals surface area contributed by atoms with Crippen LogP contribution in [0.25, 0.3) is 0 Å². The Morgan fingerprint density at radius 2 is 1.71 bits per heavy atom. The third kappa shape index (κ3) is 8.02. The first-order chi connectivity index (χ1) is 14.7. The average molecular weight is 485 g/mol. The van der Waals surface area contributed by atoms with E-state index in [0.717, 1.165) is 11.1 Å². The Hall–Kier alpha value is -1.76. The largest absolute Gasteiger partial charge is 0.352 e. The van der Waals surface area contributed by atoms with Crippen molar-refractivity contribution in [1.82, 2.24) is 10.2 Å². The van der Waals surface area contributed by atoms with Crippen LogP contribution >= 0.6 is 35.0 Å². The van der Waals surface area contributed by atoms with Crippen LogP contribution in [-0.4, -0.2) is 34.6 Å². The van der Waals surface area contributed by atoms with Gasteiger partial charge in [-0.2, -0.15) is 0 Å². The lowest BCUT2D eigenvalue weighted by Gasteiger charge is -2.31. The fourth-order valence-corrected chi connectivity index (χ4v) is 4.25. The van der Waals surface area contributed by atoms with Gasteiger partial charge in [-0.3, -0.25) is 9.59 Å². The molecule has 168 valence electrons. The zero-order chi connectivity index (χ0) is 23.0. The molecule has 2 aromatic carbocycles. The summed E-state index contributed by atoms with van der Waals surface area (Å²) in [7, 11) is 0. The third-order valence-corrected chi connectivity index (χ3v) is 6.29. The number of carbonyl (C=O) groups is 2. The lowest BCUT2D eigenvalue weighted by atomic mass is 10.1. The van der Waals surface area contributed by atoms with Crippen LogP contribution in [0.1, 0.15) is 38.3 Å². The standard InChI is InChI=1S/C23H27Cl2FN2O2S/c1-4-21(23(30)27-15(2)3)28(12-17-7-10-19(24)20(25)11-17)22(29)14-31-13-16-5-8-18(26)9-6-16/h5-11,15,21H,4,12-14H2,1-3H3,(H,27,30). The van der Waals surface area contributed by atoms with E-state index in [1.165, 1.54) is 23.9 Å². The van der Waals surface area contributed by atoms with Gasteiger partial charge in [0.2, 0.25) is 11.8 Å². The van der Waals surface area contributed by atoms with Crippen LogP contribution < -0.4 is 5.32 Å². The molecule has 0 heterocycles. The van der Waals surface area contributed by atoms with Crippen molar-refractivity contribution in [1.29, 1.82) is 0 Å². The predicted molar refractivity (Wildman–Crippen MR) is 127 cm³/mol. The number of thioether (sulfide) groups is 1. The number of benzene rings is 2. The first kappa shape index (κ1) is 25.5. The van der Waals surface area contributed by atoms with E-state index in [4.69, 9.17) is 23.2 Å². The van der Waals surface area contributed by atoms with E-state index in [-0.39, 0.29) is 36.0 Å². The molecule has 0 radical (unpaired) electrons. The van der Waals surface area contributed by atoms with Crippen molar-refractivity contribution < 1.29 is 14.0 Å². The molecule has 0 fully saturated rings. The molecular formula is C23H27Cl2FN2O2S. The summed E-state index contributed by atoms with van der Waals surface area (Å²) in [6.07, 6.45) is 0.480. The van der Waals surface area contributed by atoms with E-state index in [2.05, 4.69) is 5.32 Å². The molecule has 8 heteroatoms. The minimum atomic E-state index is -0.601. The minimum Gasteiger partial charge on any atom is -0.352 e. The van der Waals surface area contributed by atoms with E-state index in [0.29, 0.717) is 22.2 Å². The monoisotopic (exact) mass is 484 g/mol. The number of nitrogens with zero attached hydrogens (tertiary/aromatic N) is 1. The Morgan fingerprint density at radius 3 is 2.29 bits per heavy atom. The van der Waals surface area contributed by atoms with Gasteiger partial charge >= 0.3 is 0 Å². The van der Waals surface area contributed by atoms with E-state index in [9.17, 15) is 14.0 Å². The molecule has 0 aliphatic heterocycles. The summed E-state index contributed by atoms with van der Waals surface area (Å²) in [5.74, 6) is 0.143. The van der Waals surface area contributed by atoms with Gasteiger partial charge in [0, 0.05) is 18.3 Å². The minimum absolute atomic E-state index is 0.0312. The number of hydrogen-bond acceptors (Lipinski definition) is 3. The normalized spacial score (nSPS) is 12.0. The second kappa shape index (κ2) is 12.3. The van der Waals surface area contributed by atoms with Crippen LogP contribution in [0.3, 0.4) is 0 Å². The van der Waals surface area contributed by atoms with Crippen molar-refractivity contribution in [2.24, 2.45) is 0 Å². The van der Waals surface area contributed by atoms with Crippen molar-refractivity contribution in [3.05, 3.63) is 69.5 Å². The summed E-state index contributed by atoms with van der Waals surface area (Å²) in [6, 6.07) is 10.8. The van der Waals surface area contributed by atoms with Crippen LogP contribution in [0.2, 0.25) is 10.0 Å². The molecule has 0 aromatic heterocycles. The van der Waals surface area contributed by atoms with Crippen molar-refractivity contribution in [3.63, 3.8) is 0 Å². The van der Waals surface area contributed by atoms with Crippen molar-refractivity contribution in [2.75, 3.05) is 5.75 Å². The van der Waals surface area contributed by atoms with Crippen LogP contribution in [-0.2, 0) is 21.9 Å². The molecule has 0 saturated carbocycles. The maximum atomic E-state index is 13.1. The number of rotatable bonds is 10. The van der Waals surface area contributed by atoms with Crippen molar-refractivity contribution in [3.8, 4) is 0 Å². The van der Waals surface area contributed by atoms with Gasteiger partial charge in [-0.05, 0) is 55.7 Å². The molecule has 0 bridgehead atoms. The Balaban J connectivity index is 2.15. The maximum absolute atomic E-state index is 13.1. The van der Waals surface area contributed by atoms with Gasteiger partial charge in [-0.1, -0.05) is 48.3 Å². The number of halogens is 3. The molecule has 2 aromatic rings. The fraction of sp³-hybridized carbons (Fsp3) is 0.391. The van der Waals surface area contributed by atoms with Crippen LogP contribution in [0.15, 0.2) is 42.5 Å². The molecular weight excluding hydrogens is 458 g/mol. The molecule has 31 heavy (non-hydrogen) atoms. The molecule has 1 atom stereocenters. The Labute approximate surface area is 197 Å². The number of hydrogen-bond donors (Lipinski definition) is 1. The average Bonchev–Trinajstić information content (AvgIpc) is 2.71. The van der Waals surface area contributed by atoms with Gasteiger partial charge in [0.25, 0.3) is 0 Å². The lowest BCUT2D eigenvalue weighted by molar-refractivity contribution is -0.139. The van der Waals surface area contributed by atoms with E-state index < -0.39 is 6.04 Å². The SMILES string of the molecule is CCC(C(=O)NC(C)C)N(Cc1ccc(Cl)c(Cl)c1)C(=O)CSCc1ccc(F)cc1. The molecule has 2 rings (SSSR count). The van der Waals surface area contributed by atoms with Gasteiger partial charge in [0.05, 0.1) is 15.8 Å². The molecule has 0 spiro atoms. The zero-order valence-corrected chi connectivity index (χ0v) is 20.2. The van der Waals surface area contributed by atoms with Gasteiger partial charge in [0.1, 0.15) is 11.9 Å². The summed E-state index contributed by atoms with van der Waals surface area (Å²) in [5, 5.41) is 3.73. The number of amides is 2. The summed E-state index contributed by atoms with van der Waals surface area (Å²) in [6.45, 7) is 5.89. The summed E-state index contributed by atoms with van der Waals surface area (Å²) in [5.41, 5.74) is 1.72. The highest BCUT2D eigenvalue weighted by Gasteiger charge is 2.29. The Morgan fingerprint density at radius 1 is 1.06 bits per heavy atom. The van der Waals surface area contributed by atoms with E-state index in [1.54, 1.807) is 35.2 Å². The second-order valence-corrected chi connectivity index (χ2v) is 9.28. The summed E-state index contributed by atoms with van der Waals surface area (Å²) in [4.78, 5) is 27.5. The first-order valence-corrected chi connectivity index (χ1v) is 12.0. The van der Waals surface area contributed by atoms with Gasteiger partial charge in [-0.25, -0.2) is 4.39 Å². The number of nitrogens with one attached hydrogen (secondary N) is 1. The Bertz CT molecular complexity index is 894. The fourth-order valence-electron chi connectivity index (χ4n) is 3.05. The highest BCUT2D eigenvalue weighted by molar-refractivity contribution is 7.99. The number of carbonyl (C=O) groups excluding carboxylic acids is 2. The molecule has 1 unspecified atom stereocenters. The van der Waals surface area contributed by atoms with E-state index in [1.807, 2.05) is 20.8 Å². The molecule has 4 nitrogen and oxygen atoms in total. The van der Waals surface area contributed by atoms with Gasteiger partial charge < -0.3 is 10.2 Å². The maximum Gasteiger partial charge on any atom is 0.243 e. The molecule has 1 N–H and O–H groups in total. The molecule has 0 aliphatic rings. The molecule has 2 amide bonds. The summed E-state index contributed by atoms with van der Waals surface area (Å²) >= 11 is 13.6. The van der Waals surface area contributed by atoms with Gasteiger partial charge in [0.15, 0.2) is 0 Å². The van der Waals surface area contributed by atoms with Crippen LogP contribution in [0.5, 0.6) is 0 Å². The van der Waals surface area contributed by atoms with Crippen molar-refractivity contribution >= 4 is 46.8 Å². The van der Waals surface area contributed by atoms with Crippen LogP contribution in [0, 0.1) is 5.82 Å². The first-order valence-electron chi connectivity index (χ1n) is 10.1. The second-order valence-electron chi connectivity index (χ2n) is 7.48. The van der Waals surface area contributed by atoms with Gasteiger partial charge in [-0.15, -0.1) is 11.8 Å². The van der Waals surface area contributed by atoms with Crippen molar-refractivity contribution in [2.45, 2.75) is 51.6 Å². The topological polar surface area (TPSA) is 49.4 Å². The smallest absolute Gasteiger partial charge is 0.243 e. The molecule has 0 saturated heterocycles. The van der Waals surface area contributed by atoms with E-state index >= 15 is 0 Å². The zero-order valence-electron chi connectivity index (χ0n) is 17.8.